The highest BCUT2D eigenvalue weighted by molar-refractivity contribution is 5.92. The van der Waals surface area contributed by atoms with Gasteiger partial charge in [0.15, 0.2) is 5.75 Å². The molecule has 2 N–H and O–H groups in total. The molecule has 0 aromatic heterocycles. The van der Waals surface area contributed by atoms with Crippen LogP contribution < -0.4 is 20.1 Å². The summed E-state index contributed by atoms with van der Waals surface area (Å²) in [5, 5.41) is 27.1. The van der Waals surface area contributed by atoms with Crippen molar-refractivity contribution in [2.45, 2.75) is 45.2 Å². The second-order valence-corrected chi connectivity index (χ2v) is 8.11. The molecule has 1 fully saturated rings. The van der Waals surface area contributed by atoms with Gasteiger partial charge in [-0.15, -0.1) is 0 Å². The number of benzene rings is 2. The maximum atomic E-state index is 12.7. The van der Waals surface area contributed by atoms with E-state index in [1.807, 2.05) is 13.0 Å². The highest BCUT2D eigenvalue weighted by Crippen LogP contribution is 2.34. The molecule has 0 unspecified atom stereocenters. The first-order chi connectivity index (χ1) is 15.9. The maximum Gasteiger partial charge on any atom is 0.315 e. The lowest BCUT2D eigenvalue weighted by Gasteiger charge is -2.28. The standard InChI is InChI=1S/C24H28N4O5/c1-15-4-10-22(33-3)23(28(30)31)20(15)14-26-18-7-5-16(6-8-18)24(29)27-19-9-11-21(32-2)17(12-19)13-25/h4,9-12,16,18,26H,5-8,14H2,1-3H3,(H,27,29). The second kappa shape index (κ2) is 10.8. The molecule has 9 heteroatoms. The van der Waals surface area contributed by atoms with Crippen LogP contribution in [-0.4, -0.2) is 31.1 Å². The van der Waals surface area contributed by atoms with Crippen LogP contribution in [0.1, 0.15) is 42.4 Å². The number of ether oxygens (including phenoxy) is 2. The number of nitrogens with zero attached hydrogens (tertiary/aromatic N) is 2. The molecule has 0 aliphatic heterocycles. The van der Waals surface area contributed by atoms with Crippen LogP contribution in [0, 0.1) is 34.3 Å². The van der Waals surface area contributed by atoms with E-state index in [9.17, 15) is 20.2 Å². The molecule has 1 amide bonds. The van der Waals surface area contributed by atoms with Crippen LogP contribution in [0.3, 0.4) is 0 Å². The minimum atomic E-state index is -0.402. The summed E-state index contributed by atoms with van der Waals surface area (Å²) in [6.07, 6.45) is 3.01. The van der Waals surface area contributed by atoms with E-state index in [-0.39, 0.29) is 29.3 Å². The summed E-state index contributed by atoms with van der Waals surface area (Å²) in [5.41, 5.74) is 2.38. The summed E-state index contributed by atoms with van der Waals surface area (Å²) >= 11 is 0. The fourth-order valence-corrected chi connectivity index (χ4v) is 4.23. The lowest BCUT2D eigenvalue weighted by Crippen LogP contribution is -2.36. The summed E-state index contributed by atoms with van der Waals surface area (Å²) in [4.78, 5) is 23.9. The predicted molar refractivity (Wildman–Crippen MR) is 123 cm³/mol. The van der Waals surface area contributed by atoms with Crippen LogP contribution in [0.5, 0.6) is 11.5 Å². The van der Waals surface area contributed by atoms with Gasteiger partial charge >= 0.3 is 5.69 Å². The molecule has 1 aliphatic carbocycles. The Morgan fingerprint density at radius 2 is 1.82 bits per heavy atom. The van der Waals surface area contributed by atoms with E-state index in [0.29, 0.717) is 42.0 Å². The lowest BCUT2D eigenvalue weighted by molar-refractivity contribution is -0.386. The Bertz CT molecular complexity index is 1070. The number of nitro benzene ring substituents is 1. The third-order valence-electron chi connectivity index (χ3n) is 6.14. The predicted octanol–water partition coefficient (Wildman–Crippen LogP) is 4.08. The average Bonchev–Trinajstić information content (AvgIpc) is 2.83. The Labute approximate surface area is 192 Å². The smallest absolute Gasteiger partial charge is 0.315 e. The number of carbonyl (C=O) groups is 1. The molecule has 0 spiro atoms. The van der Waals surface area contributed by atoms with Gasteiger partial charge in [0.05, 0.1) is 30.3 Å². The van der Waals surface area contributed by atoms with E-state index in [1.165, 1.54) is 14.2 Å². The number of anilines is 1. The Kier molecular flexibility index (Phi) is 7.85. The van der Waals surface area contributed by atoms with Gasteiger partial charge in [0, 0.05) is 24.2 Å². The number of aryl methyl sites for hydroxylation is 1. The maximum absolute atomic E-state index is 12.7. The number of nitriles is 1. The molecule has 174 valence electrons. The van der Waals surface area contributed by atoms with E-state index in [0.717, 1.165) is 18.4 Å². The Morgan fingerprint density at radius 1 is 1.15 bits per heavy atom. The topological polar surface area (TPSA) is 127 Å². The van der Waals surface area contributed by atoms with Crippen molar-refractivity contribution in [3.63, 3.8) is 0 Å². The molecule has 9 nitrogen and oxygen atoms in total. The first-order valence-corrected chi connectivity index (χ1v) is 10.8. The van der Waals surface area contributed by atoms with Gasteiger partial charge in [-0.25, -0.2) is 0 Å². The Morgan fingerprint density at radius 3 is 2.42 bits per heavy atom. The van der Waals surface area contributed by atoms with Gasteiger partial charge in [-0.2, -0.15) is 5.26 Å². The van der Waals surface area contributed by atoms with Crippen molar-refractivity contribution < 1.29 is 19.2 Å². The molecule has 0 radical (unpaired) electrons. The van der Waals surface area contributed by atoms with Crippen molar-refractivity contribution in [3.8, 4) is 17.6 Å². The number of amides is 1. The molecule has 3 rings (SSSR count). The largest absolute Gasteiger partial charge is 0.495 e. The molecule has 0 saturated heterocycles. The van der Waals surface area contributed by atoms with Crippen molar-refractivity contribution >= 4 is 17.3 Å². The minimum absolute atomic E-state index is 0.00528. The molecule has 2 aromatic carbocycles. The van der Waals surface area contributed by atoms with Gasteiger partial charge in [-0.3, -0.25) is 14.9 Å². The van der Waals surface area contributed by atoms with E-state index < -0.39 is 4.92 Å². The van der Waals surface area contributed by atoms with Crippen molar-refractivity contribution in [2.75, 3.05) is 19.5 Å². The van der Waals surface area contributed by atoms with Crippen LogP contribution >= 0.6 is 0 Å². The van der Waals surface area contributed by atoms with Crippen LogP contribution in [-0.2, 0) is 11.3 Å². The monoisotopic (exact) mass is 452 g/mol. The van der Waals surface area contributed by atoms with Gasteiger partial charge in [0.1, 0.15) is 11.8 Å². The number of rotatable bonds is 8. The van der Waals surface area contributed by atoms with E-state index in [1.54, 1.807) is 24.3 Å². The summed E-state index contributed by atoms with van der Waals surface area (Å²) in [5.74, 6) is 0.528. The molecule has 0 bridgehead atoms. The van der Waals surface area contributed by atoms with Gasteiger partial charge < -0.3 is 20.1 Å². The van der Waals surface area contributed by atoms with Crippen molar-refractivity contribution in [3.05, 3.63) is 57.1 Å². The molecule has 1 saturated carbocycles. The quantitative estimate of drug-likeness (QED) is 0.456. The van der Waals surface area contributed by atoms with Crippen LogP contribution in [0.4, 0.5) is 11.4 Å². The molecule has 2 aromatic rings. The van der Waals surface area contributed by atoms with E-state index in [4.69, 9.17) is 9.47 Å². The number of methoxy groups -OCH3 is 2. The highest BCUT2D eigenvalue weighted by Gasteiger charge is 2.28. The van der Waals surface area contributed by atoms with Crippen LogP contribution in [0.15, 0.2) is 30.3 Å². The van der Waals surface area contributed by atoms with Gasteiger partial charge in [-0.05, 0) is 62.4 Å². The first kappa shape index (κ1) is 24.0. The van der Waals surface area contributed by atoms with Crippen molar-refractivity contribution in [1.29, 1.82) is 5.26 Å². The zero-order valence-corrected chi connectivity index (χ0v) is 19.0. The van der Waals surface area contributed by atoms with Crippen LogP contribution in [0.25, 0.3) is 0 Å². The summed E-state index contributed by atoms with van der Waals surface area (Å²) in [6, 6.07) is 10.6. The molecule has 0 heterocycles. The number of nitrogens with one attached hydrogen (secondary N) is 2. The number of carbonyl (C=O) groups excluding carboxylic acids is 1. The third kappa shape index (κ3) is 5.59. The number of hydrogen-bond acceptors (Lipinski definition) is 7. The van der Waals surface area contributed by atoms with E-state index >= 15 is 0 Å². The number of nitro groups is 1. The fourth-order valence-electron chi connectivity index (χ4n) is 4.23. The minimum Gasteiger partial charge on any atom is -0.495 e. The normalized spacial score (nSPS) is 17.6. The second-order valence-electron chi connectivity index (χ2n) is 8.11. The molecule has 0 atom stereocenters. The Hall–Kier alpha value is -3.64. The van der Waals surface area contributed by atoms with Gasteiger partial charge in [0.25, 0.3) is 0 Å². The summed E-state index contributed by atoms with van der Waals surface area (Å²) < 4.78 is 10.3. The third-order valence-corrected chi connectivity index (χ3v) is 6.14. The van der Waals surface area contributed by atoms with Crippen molar-refractivity contribution in [2.24, 2.45) is 5.92 Å². The molecular weight excluding hydrogens is 424 g/mol. The van der Waals surface area contributed by atoms with Crippen LogP contribution in [0.2, 0.25) is 0 Å². The molecular formula is C24H28N4O5. The average molecular weight is 453 g/mol. The summed E-state index contributed by atoms with van der Waals surface area (Å²) in [6.45, 7) is 2.21. The van der Waals surface area contributed by atoms with E-state index in [2.05, 4.69) is 16.7 Å². The molecule has 33 heavy (non-hydrogen) atoms. The molecule has 1 aliphatic rings. The van der Waals surface area contributed by atoms with Gasteiger partial charge in [-0.1, -0.05) is 6.07 Å². The fraction of sp³-hybridized carbons (Fsp3) is 0.417. The lowest BCUT2D eigenvalue weighted by atomic mass is 9.85. The zero-order valence-electron chi connectivity index (χ0n) is 19.0. The first-order valence-electron chi connectivity index (χ1n) is 10.8. The Balaban J connectivity index is 1.56. The SMILES string of the molecule is COc1ccc(NC(=O)C2CCC(NCc3c(C)ccc(OC)c3[N+](=O)[O-])CC2)cc1C#N. The van der Waals surface area contributed by atoms with Crippen molar-refractivity contribution in [1.82, 2.24) is 5.32 Å². The number of hydrogen-bond donors (Lipinski definition) is 2. The zero-order chi connectivity index (χ0) is 24.0. The highest BCUT2D eigenvalue weighted by atomic mass is 16.6. The van der Waals surface area contributed by atoms with Gasteiger partial charge in [0.2, 0.25) is 5.91 Å². The summed E-state index contributed by atoms with van der Waals surface area (Å²) in [7, 11) is 2.92.